The molecule has 0 amide bonds. The Bertz CT molecular complexity index is 4640. The fourth-order valence-electron chi connectivity index (χ4n) is 11.9. The second kappa shape index (κ2) is 17.6. The molecule has 0 unspecified atom stereocenters. The first-order valence-electron chi connectivity index (χ1n) is 25.7. The van der Waals surface area contributed by atoms with Crippen LogP contribution in [0.4, 0.5) is 17.1 Å². The lowest BCUT2D eigenvalue weighted by molar-refractivity contribution is 1.18. The third-order valence-electron chi connectivity index (χ3n) is 15.4. The van der Waals surface area contributed by atoms with Crippen molar-refractivity contribution in [3.63, 3.8) is 0 Å². The van der Waals surface area contributed by atoms with Crippen LogP contribution in [0.15, 0.2) is 279 Å². The van der Waals surface area contributed by atoms with E-state index < -0.39 is 0 Å². The maximum absolute atomic E-state index is 2.45. The minimum Gasteiger partial charge on any atom is -0.310 e. The molecule has 0 fully saturated rings. The Morgan fingerprint density at radius 2 is 0.787 bits per heavy atom. The number of para-hydroxylation sites is 3. The number of rotatable bonds is 8. The number of anilines is 3. The van der Waals surface area contributed by atoms with Crippen LogP contribution in [-0.2, 0) is 0 Å². The molecule has 0 bridgehead atoms. The second-order valence-electron chi connectivity index (χ2n) is 19.6. The van der Waals surface area contributed by atoms with Gasteiger partial charge in [-0.25, -0.2) is 0 Å². The predicted octanol–water partition coefficient (Wildman–Crippen LogP) is 20.7. The van der Waals surface area contributed by atoms with E-state index in [0.29, 0.717) is 0 Å². The van der Waals surface area contributed by atoms with Crippen LogP contribution >= 0.6 is 11.3 Å². The van der Waals surface area contributed by atoms with Gasteiger partial charge < -0.3 is 9.47 Å². The molecule has 2 heterocycles. The lowest BCUT2D eigenvalue weighted by atomic mass is 9.91. The number of aromatic nitrogens is 1. The van der Waals surface area contributed by atoms with E-state index in [4.69, 9.17) is 0 Å². The first kappa shape index (κ1) is 43.1. The van der Waals surface area contributed by atoms with Gasteiger partial charge in [-0.2, -0.15) is 0 Å². The molecule has 75 heavy (non-hydrogen) atoms. The van der Waals surface area contributed by atoms with Crippen LogP contribution in [0.5, 0.6) is 0 Å². The molecular formula is C72H46N2S. The van der Waals surface area contributed by atoms with Crippen molar-refractivity contribution in [1.29, 1.82) is 0 Å². The first-order valence-corrected chi connectivity index (χ1v) is 26.6. The number of hydrogen-bond donors (Lipinski definition) is 0. The van der Waals surface area contributed by atoms with Crippen LogP contribution in [-0.4, -0.2) is 4.57 Å². The van der Waals surface area contributed by atoms with E-state index in [1.54, 1.807) is 0 Å². The smallest absolute Gasteiger partial charge is 0.0541 e. The molecule has 0 atom stereocenters. The number of benzene rings is 13. The summed E-state index contributed by atoms with van der Waals surface area (Å²) in [6.07, 6.45) is 0. The van der Waals surface area contributed by atoms with Gasteiger partial charge in [0.05, 0.1) is 22.4 Å². The normalized spacial score (nSPS) is 11.7. The Morgan fingerprint density at radius 3 is 1.52 bits per heavy atom. The number of fused-ring (bicyclic) bond motifs is 11. The zero-order valence-electron chi connectivity index (χ0n) is 40.9. The van der Waals surface area contributed by atoms with Crippen LogP contribution in [0.2, 0.25) is 0 Å². The fourth-order valence-corrected chi connectivity index (χ4v) is 13.3. The molecule has 0 aliphatic carbocycles. The topological polar surface area (TPSA) is 8.17 Å². The highest BCUT2D eigenvalue weighted by atomic mass is 32.1. The summed E-state index contributed by atoms with van der Waals surface area (Å²) in [5.74, 6) is 0. The van der Waals surface area contributed by atoms with Crippen molar-refractivity contribution in [3.8, 4) is 50.2 Å². The molecule has 0 radical (unpaired) electrons. The highest BCUT2D eigenvalue weighted by molar-refractivity contribution is 7.27. The van der Waals surface area contributed by atoms with E-state index in [9.17, 15) is 0 Å². The number of thiophene rings is 1. The molecule has 15 aromatic rings. The van der Waals surface area contributed by atoms with Crippen LogP contribution < -0.4 is 4.90 Å². The minimum absolute atomic E-state index is 1.07. The number of nitrogens with zero attached hydrogens (tertiary/aromatic N) is 2. The molecule has 2 aromatic heterocycles. The van der Waals surface area contributed by atoms with Crippen LogP contribution in [0.1, 0.15) is 0 Å². The molecule has 0 saturated heterocycles. The Balaban J connectivity index is 0.905. The predicted molar refractivity (Wildman–Crippen MR) is 323 cm³/mol. The first-order chi connectivity index (χ1) is 37.2. The molecule has 0 aliphatic rings. The van der Waals surface area contributed by atoms with Gasteiger partial charge in [-0.1, -0.05) is 218 Å². The van der Waals surface area contributed by atoms with Crippen molar-refractivity contribution >= 4 is 103 Å². The quantitative estimate of drug-likeness (QED) is 0.138. The molecule has 0 N–H and O–H groups in total. The van der Waals surface area contributed by atoms with E-state index >= 15 is 0 Å². The maximum atomic E-state index is 2.45. The SMILES string of the molecule is c1ccc(-c2cc(-c3cc4ccccc4c4ccccc34)ccc2N(c2ccc(-c3ccccc3-n3c4ccccc4c4ccccc43)cc2)c2ccc(-c3cccc4c3sc3c5ccccc5ccc43)cc2)cc1. The van der Waals surface area contributed by atoms with Gasteiger partial charge in [0.2, 0.25) is 0 Å². The fraction of sp³-hybridized carbons (Fsp3) is 0. The molecule has 0 spiro atoms. The Kier molecular flexibility index (Phi) is 10.1. The van der Waals surface area contributed by atoms with Gasteiger partial charge in [-0.05, 0) is 126 Å². The van der Waals surface area contributed by atoms with Gasteiger partial charge >= 0.3 is 0 Å². The Hall–Kier alpha value is -9.54. The summed E-state index contributed by atoms with van der Waals surface area (Å²) in [4.78, 5) is 2.45. The highest BCUT2D eigenvalue weighted by Gasteiger charge is 2.22. The van der Waals surface area contributed by atoms with Gasteiger partial charge in [0.1, 0.15) is 0 Å². The molecule has 350 valence electrons. The lowest BCUT2D eigenvalue weighted by Gasteiger charge is -2.29. The van der Waals surface area contributed by atoms with Crippen LogP contribution in [0.25, 0.3) is 124 Å². The van der Waals surface area contributed by atoms with Gasteiger partial charge in [0.15, 0.2) is 0 Å². The third kappa shape index (κ3) is 7.08. The van der Waals surface area contributed by atoms with Crippen molar-refractivity contribution in [1.82, 2.24) is 4.57 Å². The zero-order chi connectivity index (χ0) is 49.4. The van der Waals surface area contributed by atoms with Gasteiger partial charge in [-0.3, -0.25) is 0 Å². The number of hydrogen-bond acceptors (Lipinski definition) is 2. The highest BCUT2D eigenvalue weighted by Crippen LogP contribution is 2.47. The molecule has 15 rings (SSSR count). The van der Waals surface area contributed by atoms with E-state index in [1.807, 2.05) is 11.3 Å². The standard InChI is InChI=1S/C72H46N2S/c1-2-17-47(18-3-1)66-46-52(65-45-51-20-5-6-21-55(51)59-24-8-9-25-60(59)65)38-44-70(66)73(54-41-35-50(36-42-54)58-28-16-29-63-64-43-37-48-19-4-7-23-57(48)72(64)75-71(58)63)53-39-33-49(34-40-53)56-22-10-13-30-67(56)74-68-31-14-11-26-61(68)62-27-12-15-32-69(62)74/h1-46H. The van der Waals surface area contributed by atoms with Gasteiger partial charge in [0, 0.05) is 53.4 Å². The summed E-state index contributed by atoms with van der Waals surface area (Å²) in [5.41, 5.74) is 16.3. The molecule has 0 aliphatic heterocycles. The second-order valence-corrected chi connectivity index (χ2v) is 20.6. The molecule has 2 nitrogen and oxygen atoms in total. The van der Waals surface area contributed by atoms with Gasteiger partial charge in [0.25, 0.3) is 0 Å². The zero-order valence-corrected chi connectivity index (χ0v) is 41.7. The largest absolute Gasteiger partial charge is 0.310 e. The lowest BCUT2D eigenvalue weighted by Crippen LogP contribution is -2.11. The van der Waals surface area contributed by atoms with Crippen molar-refractivity contribution in [2.24, 2.45) is 0 Å². The summed E-state index contributed by atoms with van der Waals surface area (Å²) in [5, 5.41) is 12.7. The Morgan fingerprint density at radius 1 is 0.267 bits per heavy atom. The Labute approximate surface area is 438 Å². The van der Waals surface area contributed by atoms with Crippen molar-refractivity contribution in [3.05, 3.63) is 279 Å². The van der Waals surface area contributed by atoms with Crippen molar-refractivity contribution < 1.29 is 0 Å². The molecular weight excluding hydrogens is 925 g/mol. The van der Waals surface area contributed by atoms with Crippen molar-refractivity contribution in [2.75, 3.05) is 4.90 Å². The summed E-state index contributed by atoms with van der Waals surface area (Å²) >= 11 is 1.91. The van der Waals surface area contributed by atoms with E-state index in [-0.39, 0.29) is 0 Å². The molecule has 0 saturated carbocycles. The van der Waals surface area contributed by atoms with Gasteiger partial charge in [-0.15, -0.1) is 11.3 Å². The van der Waals surface area contributed by atoms with E-state index in [0.717, 1.165) is 39.4 Å². The summed E-state index contributed by atoms with van der Waals surface area (Å²) in [7, 11) is 0. The summed E-state index contributed by atoms with van der Waals surface area (Å²) in [6, 6.07) is 103. The molecule has 3 heteroatoms. The van der Waals surface area contributed by atoms with Crippen molar-refractivity contribution in [2.45, 2.75) is 0 Å². The summed E-state index contributed by atoms with van der Waals surface area (Å²) in [6.45, 7) is 0. The third-order valence-corrected chi connectivity index (χ3v) is 16.7. The average Bonchev–Trinajstić information content (AvgIpc) is 4.07. The van der Waals surface area contributed by atoms with Crippen LogP contribution in [0, 0.1) is 0 Å². The molecule has 13 aromatic carbocycles. The summed E-state index contributed by atoms with van der Waals surface area (Å²) < 4.78 is 5.08. The monoisotopic (exact) mass is 970 g/mol. The van der Waals surface area contributed by atoms with E-state index in [2.05, 4.69) is 289 Å². The van der Waals surface area contributed by atoms with E-state index in [1.165, 1.54) is 102 Å². The average molecular weight is 971 g/mol. The maximum Gasteiger partial charge on any atom is 0.0541 e. The minimum atomic E-state index is 1.07. The van der Waals surface area contributed by atoms with Crippen LogP contribution in [0.3, 0.4) is 0 Å².